The molecular formula is C18H28N2O3. The number of carbonyl (C=O) groups is 1. The Kier molecular flexibility index (Phi) is 6.28. The Labute approximate surface area is 139 Å². The van der Waals surface area contributed by atoms with Crippen LogP contribution in [-0.4, -0.2) is 56.1 Å². The number of carbonyl (C=O) groups excluding carboxylic acids is 1. The standard InChI is InChI=1S/C18H28N2O3/c1-5-19(6-2)18(21)13-20-11-7-8-16(20)15-12-14(22-3)9-10-17(15)23-4/h9-10,12,16H,5-8,11,13H2,1-4H3. The second kappa shape index (κ2) is 8.20. The van der Waals surface area contributed by atoms with Crippen molar-refractivity contribution in [2.24, 2.45) is 0 Å². The lowest BCUT2D eigenvalue weighted by molar-refractivity contribution is -0.132. The summed E-state index contributed by atoms with van der Waals surface area (Å²) in [5.74, 6) is 1.88. The van der Waals surface area contributed by atoms with Crippen LogP contribution in [0.25, 0.3) is 0 Å². The molecule has 0 aromatic heterocycles. The van der Waals surface area contributed by atoms with Crippen LogP contribution in [-0.2, 0) is 4.79 Å². The first-order chi connectivity index (χ1) is 11.1. The van der Waals surface area contributed by atoms with E-state index in [2.05, 4.69) is 4.90 Å². The maximum Gasteiger partial charge on any atom is 0.236 e. The number of ether oxygens (including phenoxy) is 2. The topological polar surface area (TPSA) is 42.0 Å². The highest BCUT2D eigenvalue weighted by Gasteiger charge is 2.30. The fraction of sp³-hybridized carbons (Fsp3) is 0.611. The van der Waals surface area contributed by atoms with Gasteiger partial charge in [-0.05, 0) is 51.4 Å². The molecule has 128 valence electrons. The van der Waals surface area contributed by atoms with Gasteiger partial charge < -0.3 is 14.4 Å². The van der Waals surface area contributed by atoms with E-state index in [0.29, 0.717) is 6.54 Å². The van der Waals surface area contributed by atoms with Crippen molar-refractivity contribution < 1.29 is 14.3 Å². The number of methoxy groups -OCH3 is 2. The Balaban J connectivity index is 2.20. The second-order valence-electron chi connectivity index (χ2n) is 5.80. The number of likely N-dealkylation sites (tertiary alicyclic amines) is 1. The number of rotatable bonds is 7. The fourth-order valence-corrected chi connectivity index (χ4v) is 3.32. The van der Waals surface area contributed by atoms with Crippen molar-refractivity contribution in [1.82, 2.24) is 9.80 Å². The van der Waals surface area contributed by atoms with Crippen LogP contribution in [0.1, 0.15) is 38.3 Å². The van der Waals surface area contributed by atoms with E-state index < -0.39 is 0 Å². The van der Waals surface area contributed by atoms with Crippen LogP contribution in [0.5, 0.6) is 11.5 Å². The highest BCUT2D eigenvalue weighted by atomic mass is 16.5. The van der Waals surface area contributed by atoms with Gasteiger partial charge in [0.1, 0.15) is 11.5 Å². The van der Waals surface area contributed by atoms with Crippen LogP contribution in [0.4, 0.5) is 0 Å². The zero-order valence-corrected chi connectivity index (χ0v) is 14.7. The van der Waals surface area contributed by atoms with E-state index in [-0.39, 0.29) is 11.9 Å². The molecule has 0 radical (unpaired) electrons. The molecule has 5 nitrogen and oxygen atoms in total. The molecule has 23 heavy (non-hydrogen) atoms. The van der Waals surface area contributed by atoms with Gasteiger partial charge in [-0.15, -0.1) is 0 Å². The zero-order chi connectivity index (χ0) is 16.8. The van der Waals surface area contributed by atoms with Crippen molar-refractivity contribution in [1.29, 1.82) is 0 Å². The van der Waals surface area contributed by atoms with Gasteiger partial charge >= 0.3 is 0 Å². The summed E-state index contributed by atoms with van der Waals surface area (Å²) in [6, 6.07) is 6.09. The number of benzene rings is 1. The summed E-state index contributed by atoms with van der Waals surface area (Å²) < 4.78 is 10.9. The first kappa shape index (κ1) is 17.6. The number of nitrogens with zero attached hydrogens (tertiary/aromatic N) is 2. The summed E-state index contributed by atoms with van der Waals surface area (Å²) in [6.45, 7) is 6.97. The third kappa shape index (κ3) is 3.96. The Bertz CT molecular complexity index is 529. The highest BCUT2D eigenvalue weighted by molar-refractivity contribution is 5.78. The molecule has 2 rings (SSSR count). The number of likely N-dealkylation sites (N-methyl/N-ethyl adjacent to an activating group) is 1. The quantitative estimate of drug-likeness (QED) is 0.775. The lowest BCUT2D eigenvalue weighted by Gasteiger charge is -2.28. The molecule has 5 heteroatoms. The zero-order valence-electron chi connectivity index (χ0n) is 14.7. The van der Waals surface area contributed by atoms with Crippen molar-refractivity contribution in [2.75, 3.05) is 40.4 Å². The summed E-state index contributed by atoms with van der Waals surface area (Å²) in [7, 11) is 3.35. The molecule has 1 saturated heterocycles. The van der Waals surface area contributed by atoms with Gasteiger partial charge in [-0.1, -0.05) is 0 Å². The molecule has 1 aliphatic rings. The average molecular weight is 320 g/mol. The van der Waals surface area contributed by atoms with Crippen molar-refractivity contribution in [3.63, 3.8) is 0 Å². The largest absolute Gasteiger partial charge is 0.497 e. The molecule has 1 aliphatic heterocycles. The van der Waals surface area contributed by atoms with Gasteiger partial charge in [0, 0.05) is 24.7 Å². The third-order valence-corrected chi connectivity index (χ3v) is 4.61. The lowest BCUT2D eigenvalue weighted by atomic mass is 10.0. The Morgan fingerprint density at radius 2 is 2.00 bits per heavy atom. The minimum Gasteiger partial charge on any atom is -0.497 e. The molecule has 1 aromatic rings. The Morgan fingerprint density at radius 3 is 2.61 bits per heavy atom. The predicted octanol–water partition coefficient (Wildman–Crippen LogP) is 2.71. The van der Waals surface area contributed by atoms with E-state index in [0.717, 1.165) is 49.5 Å². The van der Waals surface area contributed by atoms with Gasteiger partial charge in [-0.25, -0.2) is 0 Å². The van der Waals surface area contributed by atoms with Gasteiger partial charge in [0.2, 0.25) is 5.91 Å². The van der Waals surface area contributed by atoms with E-state index in [4.69, 9.17) is 9.47 Å². The van der Waals surface area contributed by atoms with Gasteiger partial charge in [-0.2, -0.15) is 0 Å². The van der Waals surface area contributed by atoms with Crippen molar-refractivity contribution in [3.05, 3.63) is 23.8 Å². The third-order valence-electron chi connectivity index (χ3n) is 4.61. The minimum atomic E-state index is 0.198. The summed E-state index contributed by atoms with van der Waals surface area (Å²) in [5.41, 5.74) is 1.11. The minimum absolute atomic E-state index is 0.198. The molecule has 1 amide bonds. The van der Waals surface area contributed by atoms with Gasteiger partial charge in [0.15, 0.2) is 0 Å². The first-order valence-corrected chi connectivity index (χ1v) is 8.38. The maximum absolute atomic E-state index is 12.4. The highest BCUT2D eigenvalue weighted by Crippen LogP contribution is 2.38. The van der Waals surface area contributed by atoms with Gasteiger partial charge in [-0.3, -0.25) is 9.69 Å². The van der Waals surface area contributed by atoms with E-state index in [9.17, 15) is 4.79 Å². The van der Waals surface area contributed by atoms with E-state index >= 15 is 0 Å². The van der Waals surface area contributed by atoms with Crippen LogP contribution < -0.4 is 9.47 Å². The van der Waals surface area contributed by atoms with Crippen molar-refractivity contribution in [2.45, 2.75) is 32.7 Å². The van der Waals surface area contributed by atoms with Gasteiger partial charge in [0.25, 0.3) is 0 Å². The molecule has 0 N–H and O–H groups in total. The van der Waals surface area contributed by atoms with E-state index in [1.165, 1.54) is 0 Å². The molecule has 0 bridgehead atoms. The van der Waals surface area contributed by atoms with Crippen LogP contribution in [0, 0.1) is 0 Å². The average Bonchev–Trinajstić information content (AvgIpc) is 3.03. The first-order valence-electron chi connectivity index (χ1n) is 8.38. The number of amides is 1. The monoisotopic (exact) mass is 320 g/mol. The van der Waals surface area contributed by atoms with Crippen LogP contribution in [0.3, 0.4) is 0 Å². The molecule has 0 aliphatic carbocycles. The molecule has 1 aromatic carbocycles. The maximum atomic E-state index is 12.4. The lowest BCUT2D eigenvalue weighted by Crippen LogP contribution is -2.40. The molecule has 1 fully saturated rings. The molecule has 1 atom stereocenters. The summed E-state index contributed by atoms with van der Waals surface area (Å²) in [5, 5.41) is 0. The smallest absolute Gasteiger partial charge is 0.236 e. The molecule has 0 spiro atoms. The predicted molar refractivity (Wildman–Crippen MR) is 91.0 cm³/mol. The SMILES string of the molecule is CCN(CC)C(=O)CN1CCCC1c1cc(OC)ccc1OC. The summed E-state index contributed by atoms with van der Waals surface area (Å²) in [6.07, 6.45) is 2.13. The Morgan fingerprint density at radius 1 is 1.26 bits per heavy atom. The van der Waals surface area contributed by atoms with Crippen LogP contribution in [0.15, 0.2) is 18.2 Å². The molecule has 1 heterocycles. The number of hydrogen-bond acceptors (Lipinski definition) is 4. The van der Waals surface area contributed by atoms with Crippen molar-refractivity contribution >= 4 is 5.91 Å². The molecular weight excluding hydrogens is 292 g/mol. The summed E-state index contributed by atoms with van der Waals surface area (Å²) in [4.78, 5) is 16.6. The Hall–Kier alpha value is -1.75. The fourth-order valence-electron chi connectivity index (χ4n) is 3.32. The van der Waals surface area contributed by atoms with E-state index in [1.54, 1.807) is 14.2 Å². The van der Waals surface area contributed by atoms with Gasteiger partial charge in [0.05, 0.1) is 20.8 Å². The van der Waals surface area contributed by atoms with E-state index in [1.807, 2.05) is 36.9 Å². The summed E-state index contributed by atoms with van der Waals surface area (Å²) >= 11 is 0. The molecule has 0 saturated carbocycles. The molecule has 1 unspecified atom stereocenters. The number of hydrogen-bond donors (Lipinski definition) is 0. The normalized spacial score (nSPS) is 18.0. The second-order valence-corrected chi connectivity index (χ2v) is 5.80. The van der Waals surface area contributed by atoms with Crippen molar-refractivity contribution in [3.8, 4) is 11.5 Å². The van der Waals surface area contributed by atoms with Crippen LogP contribution in [0.2, 0.25) is 0 Å². The van der Waals surface area contributed by atoms with Crippen LogP contribution >= 0.6 is 0 Å².